The van der Waals surface area contributed by atoms with Crippen molar-refractivity contribution < 1.29 is 9.42 Å². The maximum absolute atomic E-state index is 12.4. The fraction of sp³-hybridized carbons (Fsp3) is 0.0625. The lowest BCUT2D eigenvalue weighted by molar-refractivity contribution is 0.0958. The zero-order valence-electron chi connectivity index (χ0n) is 11.4. The summed E-state index contributed by atoms with van der Waals surface area (Å²) in [7, 11) is 0. The molecule has 0 aliphatic rings. The van der Waals surface area contributed by atoms with Crippen molar-refractivity contribution >= 4 is 17.4 Å². The predicted octanol–water partition coefficient (Wildman–Crippen LogP) is 3.27. The molecule has 3 rings (SSSR count). The summed E-state index contributed by atoms with van der Waals surface area (Å²) in [6, 6.07) is 14.8. The smallest absolute Gasteiger partial charge is 0.185 e. The van der Waals surface area contributed by atoms with E-state index < -0.39 is 6.04 Å². The third-order valence-electron chi connectivity index (χ3n) is 3.27. The van der Waals surface area contributed by atoms with Gasteiger partial charge in [0.1, 0.15) is 17.4 Å². The molecule has 0 aliphatic carbocycles. The van der Waals surface area contributed by atoms with Crippen LogP contribution in [0.1, 0.15) is 22.1 Å². The monoisotopic (exact) mass is 313 g/mol. The third kappa shape index (κ3) is 2.77. The van der Waals surface area contributed by atoms with Crippen molar-refractivity contribution in [2.24, 2.45) is 5.73 Å². The van der Waals surface area contributed by atoms with Gasteiger partial charge in [0.2, 0.25) is 0 Å². The summed E-state index contributed by atoms with van der Waals surface area (Å²) in [5.74, 6) is -0.244. The van der Waals surface area contributed by atoms with Crippen molar-refractivity contribution in [3.8, 4) is 11.3 Å². The SMILES string of the molecule is NC(C(=O)c1ccccc1)c1nonc1-c1ccc(Cl)cc1. The molecule has 110 valence electrons. The first kappa shape index (κ1) is 14.4. The number of ketones is 1. The number of Topliss-reactive ketones (excluding diaryl/α,β-unsaturated/α-hetero) is 1. The number of halogens is 1. The van der Waals surface area contributed by atoms with Crippen molar-refractivity contribution in [1.29, 1.82) is 0 Å². The number of aromatic nitrogens is 2. The Labute approximate surface area is 131 Å². The molecule has 0 saturated heterocycles. The highest BCUT2D eigenvalue weighted by Gasteiger charge is 2.25. The Balaban J connectivity index is 1.94. The molecule has 0 saturated carbocycles. The van der Waals surface area contributed by atoms with Gasteiger partial charge in [0.25, 0.3) is 0 Å². The molecule has 0 bridgehead atoms. The molecule has 2 N–H and O–H groups in total. The molecule has 0 radical (unpaired) electrons. The molecule has 0 spiro atoms. The Morgan fingerprint density at radius 3 is 2.41 bits per heavy atom. The number of hydrogen-bond donors (Lipinski definition) is 1. The Hall–Kier alpha value is -2.50. The van der Waals surface area contributed by atoms with Gasteiger partial charge in [-0.1, -0.05) is 59.2 Å². The first-order valence-corrected chi connectivity index (χ1v) is 6.98. The number of carbonyl (C=O) groups is 1. The minimum absolute atomic E-state index is 0.244. The van der Waals surface area contributed by atoms with Crippen LogP contribution in [0.2, 0.25) is 5.02 Å². The zero-order valence-corrected chi connectivity index (χ0v) is 12.2. The molecule has 2 aromatic carbocycles. The number of hydrogen-bond acceptors (Lipinski definition) is 5. The summed E-state index contributed by atoms with van der Waals surface area (Å²) >= 11 is 5.87. The van der Waals surface area contributed by atoms with Gasteiger partial charge in [-0.15, -0.1) is 0 Å². The van der Waals surface area contributed by atoms with Crippen molar-refractivity contribution in [2.45, 2.75) is 6.04 Å². The maximum atomic E-state index is 12.4. The van der Waals surface area contributed by atoms with Crippen LogP contribution in [0.4, 0.5) is 0 Å². The lowest BCUT2D eigenvalue weighted by Crippen LogP contribution is -2.22. The first-order chi connectivity index (χ1) is 10.7. The van der Waals surface area contributed by atoms with E-state index in [1.165, 1.54) is 0 Å². The van der Waals surface area contributed by atoms with E-state index in [2.05, 4.69) is 10.3 Å². The lowest BCUT2D eigenvalue weighted by atomic mass is 9.99. The molecule has 1 atom stereocenters. The molecule has 0 amide bonds. The minimum Gasteiger partial charge on any atom is -0.316 e. The van der Waals surface area contributed by atoms with Gasteiger partial charge in [-0.2, -0.15) is 0 Å². The van der Waals surface area contributed by atoms with E-state index in [0.717, 1.165) is 5.56 Å². The van der Waals surface area contributed by atoms with Gasteiger partial charge in [-0.05, 0) is 17.3 Å². The van der Waals surface area contributed by atoms with Crippen LogP contribution in [0.25, 0.3) is 11.3 Å². The van der Waals surface area contributed by atoms with Crippen LogP contribution in [0.3, 0.4) is 0 Å². The Morgan fingerprint density at radius 2 is 1.73 bits per heavy atom. The van der Waals surface area contributed by atoms with Gasteiger partial charge in [0.15, 0.2) is 5.78 Å². The van der Waals surface area contributed by atoms with Crippen molar-refractivity contribution in [2.75, 3.05) is 0 Å². The quantitative estimate of drug-likeness (QED) is 0.747. The molecule has 0 fully saturated rings. The minimum atomic E-state index is -0.945. The van der Waals surface area contributed by atoms with Crippen molar-refractivity contribution in [3.63, 3.8) is 0 Å². The Bertz CT molecular complexity index is 785. The number of nitrogens with two attached hydrogens (primary N) is 1. The van der Waals surface area contributed by atoms with E-state index in [1.54, 1.807) is 48.5 Å². The van der Waals surface area contributed by atoms with E-state index in [4.69, 9.17) is 22.0 Å². The van der Waals surface area contributed by atoms with E-state index in [9.17, 15) is 4.79 Å². The summed E-state index contributed by atoms with van der Waals surface area (Å²) in [5, 5.41) is 8.25. The second kappa shape index (κ2) is 6.09. The Kier molecular flexibility index (Phi) is 4.00. The van der Waals surface area contributed by atoms with E-state index in [1.807, 2.05) is 6.07 Å². The zero-order chi connectivity index (χ0) is 15.5. The summed E-state index contributed by atoms with van der Waals surface area (Å²) < 4.78 is 4.77. The van der Waals surface area contributed by atoms with Crippen LogP contribution in [-0.4, -0.2) is 16.1 Å². The highest BCUT2D eigenvalue weighted by Crippen LogP contribution is 2.27. The summed E-state index contributed by atoms with van der Waals surface area (Å²) in [5.41, 5.74) is 8.03. The molecule has 1 unspecified atom stereocenters. The topological polar surface area (TPSA) is 82.0 Å². The molecule has 0 aliphatic heterocycles. The van der Waals surface area contributed by atoms with Crippen LogP contribution in [0, 0.1) is 0 Å². The summed E-state index contributed by atoms with van der Waals surface area (Å²) in [4.78, 5) is 12.4. The largest absolute Gasteiger partial charge is 0.316 e. The van der Waals surface area contributed by atoms with Gasteiger partial charge in [-0.3, -0.25) is 4.79 Å². The van der Waals surface area contributed by atoms with Gasteiger partial charge in [0, 0.05) is 16.1 Å². The van der Waals surface area contributed by atoms with Gasteiger partial charge >= 0.3 is 0 Å². The summed E-state index contributed by atoms with van der Waals surface area (Å²) in [6.45, 7) is 0. The third-order valence-corrected chi connectivity index (χ3v) is 3.52. The normalized spacial score (nSPS) is 12.1. The van der Waals surface area contributed by atoms with Crippen LogP contribution in [-0.2, 0) is 0 Å². The second-order valence-electron chi connectivity index (χ2n) is 4.71. The van der Waals surface area contributed by atoms with Crippen LogP contribution in [0.5, 0.6) is 0 Å². The Morgan fingerprint density at radius 1 is 1.05 bits per heavy atom. The highest BCUT2D eigenvalue weighted by molar-refractivity contribution is 6.30. The maximum Gasteiger partial charge on any atom is 0.185 e. The fourth-order valence-corrected chi connectivity index (χ4v) is 2.24. The number of nitrogens with zero attached hydrogens (tertiary/aromatic N) is 2. The second-order valence-corrected chi connectivity index (χ2v) is 5.15. The number of carbonyl (C=O) groups excluding carboxylic acids is 1. The molecule has 1 aromatic heterocycles. The number of benzene rings is 2. The lowest BCUT2D eigenvalue weighted by Gasteiger charge is -2.08. The van der Waals surface area contributed by atoms with Crippen molar-refractivity contribution in [3.05, 3.63) is 70.9 Å². The summed E-state index contributed by atoms with van der Waals surface area (Å²) in [6.07, 6.45) is 0. The van der Waals surface area contributed by atoms with E-state index in [-0.39, 0.29) is 5.78 Å². The molecule has 3 aromatic rings. The van der Waals surface area contributed by atoms with E-state index >= 15 is 0 Å². The molecule has 22 heavy (non-hydrogen) atoms. The van der Waals surface area contributed by atoms with Crippen molar-refractivity contribution in [1.82, 2.24) is 10.3 Å². The molecular weight excluding hydrogens is 302 g/mol. The molecular formula is C16H12ClN3O2. The fourth-order valence-electron chi connectivity index (χ4n) is 2.11. The average Bonchev–Trinajstić information content (AvgIpc) is 3.04. The molecule has 5 nitrogen and oxygen atoms in total. The van der Waals surface area contributed by atoms with Gasteiger partial charge in [-0.25, -0.2) is 4.63 Å². The van der Waals surface area contributed by atoms with Gasteiger partial charge < -0.3 is 5.73 Å². The molecule has 6 heteroatoms. The van der Waals surface area contributed by atoms with Crippen LogP contribution in [0.15, 0.2) is 59.2 Å². The highest BCUT2D eigenvalue weighted by atomic mass is 35.5. The number of rotatable bonds is 4. The van der Waals surface area contributed by atoms with E-state index in [0.29, 0.717) is 22.0 Å². The van der Waals surface area contributed by atoms with Gasteiger partial charge in [0.05, 0.1) is 0 Å². The first-order valence-electron chi connectivity index (χ1n) is 6.60. The van der Waals surface area contributed by atoms with Crippen LogP contribution < -0.4 is 5.73 Å². The molecule has 1 heterocycles. The standard InChI is InChI=1S/C16H12ClN3O2/c17-12-8-6-10(7-9-12)14-15(20-22-19-14)13(18)16(21)11-4-2-1-3-5-11/h1-9,13H,18H2. The van der Waals surface area contributed by atoms with Crippen LogP contribution >= 0.6 is 11.6 Å². The predicted molar refractivity (Wildman–Crippen MR) is 82.4 cm³/mol. The average molecular weight is 314 g/mol.